The monoisotopic (exact) mass is 152 g/mol. The molecule has 0 amide bonds. The molecule has 0 spiro atoms. The first-order chi connectivity index (χ1) is 5.27. The second kappa shape index (κ2) is 3.75. The van der Waals surface area contributed by atoms with E-state index in [9.17, 15) is 0 Å². The summed E-state index contributed by atoms with van der Waals surface area (Å²) in [6.07, 6.45) is 7.50. The van der Waals surface area contributed by atoms with E-state index in [0.717, 1.165) is 25.9 Å². The molecule has 1 fully saturated rings. The minimum Gasteiger partial charge on any atom is -0.326 e. The van der Waals surface area contributed by atoms with Crippen molar-refractivity contribution in [3.05, 3.63) is 0 Å². The Labute approximate surface area is 68.8 Å². The molecule has 2 atom stereocenters. The van der Waals surface area contributed by atoms with Crippen molar-refractivity contribution in [2.45, 2.75) is 31.8 Å². The molecular weight excluding hydrogens is 136 g/mol. The zero-order valence-electron chi connectivity index (χ0n) is 7.09. The molecule has 1 aliphatic rings. The van der Waals surface area contributed by atoms with Crippen LogP contribution >= 0.6 is 0 Å². The molecule has 0 radical (unpaired) electrons. The Morgan fingerprint density at radius 2 is 2.55 bits per heavy atom. The zero-order valence-corrected chi connectivity index (χ0v) is 7.09. The van der Waals surface area contributed by atoms with Gasteiger partial charge >= 0.3 is 0 Å². The Kier molecular flexibility index (Phi) is 2.92. The van der Waals surface area contributed by atoms with Gasteiger partial charge in [-0.1, -0.05) is 12.8 Å². The molecule has 1 unspecified atom stereocenters. The maximum Gasteiger partial charge on any atom is 0.0709 e. The van der Waals surface area contributed by atoms with Crippen LogP contribution in [0.25, 0.3) is 0 Å². The molecule has 2 heteroatoms. The minimum absolute atomic E-state index is 0.309. The minimum atomic E-state index is 0.309. The predicted molar refractivity (Wildman–Crippen MR) is 47.1 cm³/mol. The first kappa shape index (κ1) is 8.58. The van der Waals surface area contributed by atoms with E-state index in [1.807, 2.05) is 0 Å². The second-order valence-electron chi connectivity index (χ2n) is 3.13. The van der Waals surface area contributed by atoms with E-state index in [2.05, 4.69) is 17.7 Å². The highest BCUT2D eigenvalue weighted by Crippen LogP contribution is 2.12. The van der Waals surface area contributed by atoms with Crippen molar-refractivity contribution >= 4 is 0 Å². The third-order valence-corrected chi connectivity index (χ3v) is 2.28. The molecule has 0 aromatic rings. The highest BCUT2D eigenvalue weighted by molar-refractivity contribution is 5.01. The van der Waals surface area contributed by atoms with Crippen molar-refractivity contribution in [1.82, 2.24) is 4.90 Å². The third kappa shape index (κ3) is 1.95. The Morgan fingerprint density at radius 1 is 1.82 bits per heavy atom. The average molecular weight is 152 g/mol. The van der Waals surface area contributed by atoms with Gasteiger partial charge in [0.15, 0.2) is 0 Å². The SMILES string of the molecule is C#CC(CC)N1CC[C@H](N)C1. The van der Waals surface area contributed by atoms with Crippen LogP contribution < -0.4 is 5.73 Å². The molecule has 62 valence electrons. The first-order valence-corrected chi connectivity index (χ1v) is 4.23. The van der Waals surface area contributed by atoms with Crippen LogP contribution in [0.15, 0.2) is 0 Å². The average Bonchev–Trinajstić information content (AvgIpc) is 2.39. The molecule has 1 rings (SSSR count). The van der Waals surface area contributed by atoms with Crippen LogP contribution in [0.4, 0.5) is 0 Å². The molecule has 11 heavy (non-hydrogen) atoms. The molecule has 2 nitrogen and oxygen atoms in total. The second-order valence-corrected chi connectivity index (χ2v) is 3.13. The maximum atomic E-state index is 5.76. The predicted octanol–water partition coefficient (Wildman–Crippen LogP) is 0.431. The summed E-state index contributed by atoms with van der Waals surface area (Å²) in [4.78, 5) is 2.30. The largest absolute Gasteiger partial charge is 0.326 e. The Hall–Kier alpha value is -0.520. The lowest BCUT2D eigenvalue weighted by atomic mass is 10.2. The van der Waals surface area contributed by atoms with Gasteiger partial charge in [-0.15, -0.1) is 6.42 Å². The summed E-state index contributed by atoms with van der Waals surface area (Å²) >= 11 is 0. The van der Waals surface area contributed by atoms with Crippen molar-refractivity contribution < 1.29 is 0 Å². The number of likely N-dealkylation sites (tertiary alicyclic amines) is 1. The van der Waals surface area contributed by atoms with E-state index < -0.39 is 0 Å². The van der Waals surface area contributed by atoms with Gasteiger partial charge in [-0.25, -0.2) is 0 Å². The topological polar surface area (TPSA) is 29.3 Å². The fraction of sp³-hybridized carbons (Fsp3) is 0.778. The van der Waals surface area contributed by atoms with Crippen LogP contribution in [-0.4, -0.2) is 30.1 Å². The van der Waals surface area contributed by atoms with Crippen LogP contribution in [0.2, 0.25) is 0 Å². The van der Waals surface area contributed by atoms with Gasteiger partial charge in [-0.05, 0) is 12.8 Å². The zero-order chi connectivity index (χ0) is 8.27. The van der Waals surface area contributed by atoms with E-state index in [4.69, 9.17) is 12.2 Å². The van der Waals surface area contributed by atoms with E-state index in [0.29, 0.717) is 12.1 Å². The number of nitrogens with two attached hydrogens (primary N) is 1. The van der Waals surface area contributed by atoms with Crippen molar-refractivity contribution in [2.75, 3.05) is 13.1 Å². The van der Waals surface area contributed by atoms with Crippen LogP contribution in [0.5, 0.6) is 0 Å². The molecular formula is C9H16N2. The molecule has 0 bridgehead atoms. The van der Waals surface area contributed by atoms with Gasteiger partial charge in [0.2, 0.25) is 0 Å². The van der Waals surface area contributed by atoms with Gasteiger partial charge in [0.05, 0.1) is 6.04 Å². The van der Waals surface area contributed by atoms with E-state index in [1.165, 1.54) is 0 Å². The lowest BCUT2D eigenvalue weighted by molar-refractivity contribution is 0.282. The van der Waals surface area contributed by atoms with Crippen molar-refractivity contribution in [3.63, 3.8) is 0 Å². The number of hydrogen-bond donors (Lipinski definition) is 1. The van der Waals surface area contributed by atoms with Crippen LogP contribution in [-0.2, 0) is 0 Å². The number of terminal acetylenes is 1. The maximum absolute atomic E-state index is 5.76. The Morgan fingerprint density at radius 3 is 2.91 bits per heavy atom. The fourth-order valence-corrected chi connectivity index (χ4v) is 1.58. The summed E-state index contributed by atoms with van der Waals surface area (Å²) < 4.78 is 0. The van der Waals surface area contributed by atoms with Crippen molar-refractivity contribution in [3.8, 4) is 12.3 Å². The van der Waals surface area contributed by atoms with E-state index in [-0.39, 0.29) is 0 Å². The molecule has 1 heterocycles. The van der Waals surface area contributed by atoms with Gasteiger partial charge in [-0.2, -0.15) is 0 Å². The molecule has 0 saturated carbocycles. The lowest BCUT2D eigenvalue weighted by Crippen LogP contribution is -2.34. The molecule has 1 saturated heterocycles. The Bertz CT molecular complexity index is 159. The van der Waals surface area contributed by atoms with Gasteiger partial charge < -0.3 is 5.73 Å². The highest BCUT2D eigenvalue weighted by Gasteiger charge is 2.23. The summed E-state index contributed by atoms with van der Waals surface area (Å²) in [6.45, 7) is 4.17. The summed E-state index contributed by atoms with van der Waals surface area (Å²) in [5.41, 5.74) is 5.76. The normalized spacial score (nSPS) is 28.3. The Balaban J connectivity index is 2.42. The summed E-state index contributed by atoms with van der Waals surface area (Å²) in [5, 5.41) is 0. The van der Waals surface area contributed by atoms with Gasteiger partial charge in [-0.3, -0.25) is 4.90 Å². The van der Waals surface area contributed by atoms with Gasteiger partial charge in [0, 0.05) is 19.1 Å². The van der Waals surface area contributed by atoms with Crippen LogP contribution in [0.1, 0.15) is 19.8 Å². The standard InChI is InChI=1S/C9H16N2/c1-3-9(4-2)11-6-5-8(10)7-11/h1,8-9H,4-7,10H2,2H3/t8-,9?/m0/s1. The highest BCUT2D eigenvalue weighted by atomic mass is 15.2. The fourth-order valence-electron chi connectivity index (χ4n) is 1.58. The summed E-state index contributed by atoms with van der Waals surface area (Å²) in [5.74, 6) is 2.78. The number of hydrogen-bond acceptors (Lipinski definition) is 2. The summed E-state index contributed by atoms with van der Waals surface area (Å²) in [6, 6.07) is 0.654. The van der Waals surface area contributed by atoms with E-state index >= 15 is 0 Å². The smallest absolute Gasteiger partial charge is 0.0709 e. The number of rotatable bonds is 2. The van der Waals surface area contributed by atoms with Crippen molar-refractivity contribution in [2.24, 2.45) is 5.73 Å². The molecule has 0 aliphatic carbocycles. The summed E-state index contributed by atoms with van der Waals surface area (Å²) in [7, 11) is 0. The van der Waals surface area contributed by atoms with Gasteiger partial charge in [0.1, 0.15) is 0 Å². The molecule has 2 N–H and O–H groups in total. The van der Waals surface area contributed by atoms with E-state index in [1.54, 1.807) is 0 Å². The molecule has 0 aromatic carbocycles. The van der Waals surface area contributed by atoms with Gasteiger partial charge in [0.25, 0.3) is 0 Å². The van der Waals surface area contributed by atoms with Crippen LogP contribution in [0.3, 0.4) is 0 Å². The van der Waals surface area contributed by atoms with Crippen LogP contribution in [0, 0.1) is 12.3 Å². The molecule has 0 aromatic heterocycles. The third-order valence-electron chi connectivity index (χ3n) is 2.28. The molecule has 1 aliphatic heterocycles. The quantitative estimate of drug-likeness (QED) is 0.581. The number of nitrogens with zero attached hydrogens (tertiary/aromatic N) is 1. The lowest BCUT2D eigenvalue weighted by Gasteiger charge is -2.21. The van der Waals surface area contributed by atoms with Crippen molar-refractivity contribution in [1.29, 1.82) is 0 Å². The first-order valence-electron chi connectivity index (χ1n) is 4.23.